The van der Waals surface area contributed by atoms with Crippen LogP contribution in [0.1, 0.15) is 30.6 Å². The van der Waals surface area contributed by atoms with E-state index in [2.05, 4.69) is 10.5 Å². The lowest BCUT2D eigenvalue weighted by Crippen LogP contribution is -2.20. The van der Waals surface area contributed by atoms with Gasteiger partial charge < -0.3 is 9.84 Å². The fourth-order valence-corrected chi connectivity index (χ4v) is 1.90. The molecule has 18 heavy (non-hydrogen) atoms. The molecule has 1 heterocycles. The fourth-order valence-electron chi connectivity index (χ4n) is 1.90. The Bertz CT molecular complexity index is 520. The summed E-state index contributed by atoms with van der Waals surface area (Å²) in [7, 11) is 0. The van der Waals surface area contributed by atoms with Crippen LogP contribution in [0, 0.1) is 6.92 Å². The smallest absolute Gasteiger partial charge is 0.233 e. The van der Waals surface area contributed by atoms with Crippen molar-refractivity contribution in [3.63, 3.8) is 0 Å². The van der Waals surface area contributed by atoms with E-state index >= 15 is 0 Å². The molecule has 1 aromatic carbocycles. The van der Waals surface area contributed by atoms with Crippen molar-refractivity contribution in [2.45, 2.75) is 26.2 Å². The van der Waals surface area contributed by atoms with Gasteiger partial charge in [-0.25, -0.2) is 0 Å². The number of hydrogen-bond donors (Lipinski definition) is 1. The maximum absolute atomic E-state index is 12.2. The number of nitrogens with zero attached hydrogens (tertiary/aromatic N) is 1. The van der Waals surface area contributed by atoms with E-state index in [4.69, 9.17) is 4.52 Å². The molecule has 0 radical (unpaired) electrons. The van der Waals surface area contributed by atoms with Crippen LogP contribution in [-0.2, 0) is 4.79 Å². The monoisotopic (exact) mass is 244 g/mol. The Labute approximate surface area is 106 Å². The predicted molar refractivity (Wildman–Crippen MR) is 69.3 cm³/mol. The van der Waals surface area contributed by atoms with Crippen molar-refractivity contribution in [3.05, 3.63) is 47.7 Å². The summed E-state index contributed by atoms with van der Waals surface area (Å²) in [4.78, 5) is 12.2. The average Bonchev–Trinajstić information content (AvgIpc) is 2.77. The van der Waals surface area contributed by atoms with Gasteiger partial charge in [0.25, 0.3) is 0 Å². The van der Waals surface area contributed by atoms with Gasteiger partial charge in [-0.05, 0) is 18.9 Å². The molecule has 0 fully saturated rings. The minimum Gasteiger partial charge on any atom is -0.360 e. The number of carbonyl (C=O) groups is 1. The molecule has 4 heteroatoms. The lowest BCUT2D eigenvalue weighted by Gasteiger charge is -2.13. The average molecular weight is 244 g/mol. The predicted octanol–water partition coefficient (Wildman–Crippen LogP) is 3.12. The summed E-state index contributed by atoms with van der Waals surface area (Å²) in [6, 6.07) is 11.4. The van der Waals surface area contributed by atoms with E-state index in [1.54, 1.807) is 13.0 Å². The SMILES string of the molecule is CC[C@@H](C(=O)Nc1cc(C)on1)c1ccccc1. The van der Waals surface area contributed by atoms with Crippen LogP contribution in [0.5, 0.6) is 0 Å². The summed E-state index contributed by atoms with van der Waals surface area (Å²) >= 11 is 0. The highest BCUT2D eigenvalue weighted by atomic mass is 16.5. The molecule has 1 N–H and O–H groups in total. The largest absolute Gasteiger partial charge is 0.360 e. The van der Waals surface area contributed by atoms with E-state index in [1.165, 1.54) is 0 Å². The highest BCUT2D eigenvalue weighted by Crippen LogP contribution is 2.21. The first-order valence-electron chi connectivity index (χ1n) is 6.00. The number of aromatic nitrogens is 1. The molecule has 94 valence electrons. The minimum absolute atomic E-state index is 0.0583. The van der Waals surface area contributed by atoms with E-state index < -0.39 is 0 Å². The van der Waals surface area contributed by atoms with Gasteiger partial charge in [0.2, 0.25) is 5.91 Å². The van der Waals surface area contributed by atoms with Gasteiger partial charge in [0.05, 0.1) is 5.92 Å². The topological polar surface area (TPSA) is 55.1 Å². The molecule has 0 bridgehead atoms. The minimum atomic E-state index is -0.164. The molecule has 2 rings (SSSR count). The molecular formula is C14H16N2O2. The Morgan fingerprint density at radius 2 is 2.11 bits per heavy atom. The molecule has 0 saturated heterocycles. The van der Waals surface area contributed by atoms with E-state index in [0.29, 0.717) is 11.6 Å². The van der Waals surface area contributed by atoms with E-state index in [0.717, 1.165) is 12.0 Å². The van der Waals surface area contributed by atoms with Gasteiger partial charge in [0.15, 0.2) is 5.82 Å². The first kappa shape index (κ1) is 12.4. The quantitative estimate of drug-likeness (QED) is 0.899. The number of rotatable bonds is 4. The first-order valence-corrected chi connectivity index (χ1v) is 6.00. The van der Waals surface area contributed by atoms with Crippen LogP contribution >= 0.6 is 0 Å². The van der Waals surface area contributed by atoms with Gasteiger partial charge in [-0.15, -0.1) is 0 Å². The zero-order valence-corrected chi connectivity index (χ0v) is 10.5. The van der Waals surface area contributed by atoms with Crippen molar-refractivity contribution in [1.82, 2.24) is 5.16 Å². The first-order chi connectivity index (χ1) is 8.70. The number of aryl methyl sites for hydroxylation is 1. The Hall–Kier alpha value is -2.10. The van der Waals surface area contributed by atoms with E-state index in [1.807, 2.05) is 37.3 Å². The zero-order valence-electron chi connectivity index (χ0n) is 10.5. The van der Waals surface area contributed by atoms with Crippen molar-refractivity contribution in [2.75, 3.05) is 5.32 Å². The van der Waals surface area contributed by atoms with E-state index in [9.17, 15) is 4.79 Å². The van der Waals surface area contributed by atoms with Crippen LogP contribution < -0.4 is 5.32 Å². The maximum atomic E-state index is 12.2. The third kappa shape index (κ3) is 2.77. The second-order valence-corrected chi connectivity index (χ2v) is 4.18. The molecule has 0 unspecified atom stereocenters. The summed E-state index contributed by atoms with van der Waals surface area (Å²) in [6.45, 7) is 3.78. The normalized spacial score (nSPS) is 12.1. The van der Waals surface area contributed by atoms with Crippen molar-refractivity contribution < 1.29 is 9.32 Å². The van der Waals surface area contributed by atoms with Gasteiger partial charge in [-0.1, -0.05) is 42.4 Å². The second kappa shape index (κ2) is 5.49. The Morgan fingerprint density at radius 1 is 1.39 bits per heavy atom. The summed E-state index contributed by atoms with van der Waals surface area (Å²) in [5, 5.41) is 6.53. The highest BCUT2D eigenvalue weighted by molar-refractivity contribution is 5.95. The van der Waals surface area contributed by atoms with Gasteiger partial charge in [-0.3, -0.25) is 4.79 Å². The zero-order chi connectivity index (χ0) is 13.0. The Balaban J connectivity index is 2.11. The summed E-state index contributed by atoms with van der Waals surface area (Å²) in [6.07, 6.45) is 0.743. The van der Waals surface area contributed by atoms with Crippen LogP contribution in [0.15, 0.2) is 40.9 Å². The Morgan fingerprint density at radius 3 is 2.67 bits per heavy atom. The number of hydrogen-bond acceptors (Lipinski definition) is 3. The fraction of sp³-hybridized carbons (Fsp3) is 0.286. The van der Waals surface area contributed by atoms with Crippen LogP contribution in [0.2, 0.25) is 0 Å². The third-order valence-corrected chi connectivity index (χ3v) is 2.81. The summed E-state index contributed by atoms with van der Waals surface area (Å²) in [5.74, 6) is 0.921. The van der Waals surface area contributed by atoms with Gasteiger partial charge in [-0.2, -0.15) is 0 Å². The van der Waals surface area contributed by atoms with Crippen LogP contribution in [0.4, 0.5) is 5.82 Å². The lowest BCUT2D eigenvalue weighted by atomic mass is 9.96. The molecule has 1 aromatic heterocycles. The van der Waals surface area contributed by atoms with E-state index in [-0.39, 0.29) is 11.8 Å². The van der Waals surface area contributed by atoms with Crippen molar-refractivity contribution >= 4 is 11.7 Å². The molecule has 0 aliphatic rings. The standard InChI is InChI=1S/C14H16N2O2/c1-3-12(11-7-5-4-6-8-11)14(17)15-13-9-10(2)18-16-13/h4-9,12H,3H2,1-2H3,(H,15,16,17)/t12-/m1/s1. The number of benzene rings is 1. The van der Waals surface area contributed by atoms with Crippen molar-refractivity contribution in [1.29, 1.82) is 0 Å². The summed E-state index contributed by atoms with van der Waals surface area (Å²) < 4.78 is 4.92. The molecule has 1 amide bonds. The van der Waals surface area contributed by atoms with Crippen molar-refractivity contribution in [2.24, 2.45) is 0 Å². The summed E-state index contributed by atoms with van der Waals surface area (Å²) in [5.41, 5.74) is 1.01. The number of anilines is 1. The molecule has 1 atom stereocenters. The van der Waals surface area contributed by atoms with Gasteiger partial charge in [0, 0.05) is 6.07 Å². The number of carbonyl (C=O) groups excluding carboxylic acids is 1. The van der Waals surface area contributed by atoms with Crippen molar-refractivity contribution in [3.8, 4) is 0 Å². The van der Waals surface area contributed by atoms with Crippen LogP contribution in [0.3, 0.4) is 0 Å². The Kier molecular flexibility index (Phi) is 3.77. The van der Waals surface area contributed by atoms with Gasteiger partial charge in [0.1, 0.15) is 5.76 Å². The molecule has 0 aliphatic heterocycles. The maximum Gasteiger partial charge on any atom is 0.233 e. The molecule has 2 aromatic rings. The third-order valence-electron chi connectivity index (χ3n) is 2.81. The highest BCUT2D eigenvalue weighted by Gasteiger charge is 2.19. The molecule has 0 spiro atoms. The second-order valence-electron chi connectivity index (χ2n) is 4.18. The number of nitrogens with one attached hydrogen (secondary N) is 1. The van der Waals surface area contributed by atoms with Gasteiger partial charge >= 0.3 is 0 Å². The number of amides is 1. The van der Waals surface area contributed by atoms with Crippen LogP contribution in [0.25, 0.3) is 0 Å². The van der Waals surface area contributed by atoms with Crippen LogP contribution in [-0.4, -0.2) is 11.1 Å². The molecule has 4 nitrogen and oxygen atoms in total. The molecular weight excluding hydrogens is 228 g/mol. The lowest BCUT2D eigenvalue weighted by molar-refractivity contribution is -0.117. The molecule has 0 aliphatic carbocycles. The molecule has 0 saturated carbocycles.